The highest BCUT2D eigenvalue weighted by Crippen LogP contribution is 2.43. The summed E-state index contributed by atoms with van der Waals surface area (Å²) in [5, 5.41) is 13.8. The predicted molar refractivity (Wildman–Crippen MR) is 300 cm³/mol. The second-order valence-corrected chi connectivity index (χ2v) is 22.7. The molecule has 0 aromatic carbocycles. The van der Waals surface area contributed by atoms with Gasteiger partial charge in [-0.2, -0.15) is 0 Å². The molecule has 0 aliphatic carbocycles. The maximum Gasteiger partial charge on any atom is 0.472 e. The zero-order valence-electron chi connectivity index (χ0n) is 46.3. The maximum atomic E-state index is 12.9. The number of aliphatic hydroxyl groups is 1. The van der Waals surface area contributed by atoms with Gasteiger partial charge in [-0.15, -0.1) is 0 Å². The number of carbonyl (C=O) groups excluding carboxylic acids is 1. The lowest BCUT2D eigenvalue weighted by Gasteiger charge is -2.23. The van der Waals surface area contributed by atoms with Gasteiger partial charge in [0.05, 0.1) is 25.4 Å². The van der Waals surface area contributed by atoms with Crippen molar-refractivity contribution in [2.75, 3.05) is 19.8 Å². The molecule has 8 nitrogen and oxygen atoms in total. The van der Waals surface area contributed by atoms with Crippen molar-refractivity contribution in [2.24, 2.45) is 5.73 Å². The summed E-state index contributed by atoms with van der Waals surface area (Å²) in [5.74, 6) is -0.186. The van der Waals surface area contributed by atoms with Gasteiger partial charge in [-0.3, -0.25) is 13.8 Å². The van der Waals surface area contributed by atoms with Crippen LogP contribution in [0, 0.1) is 0 Å². The summed E-state index contributed by atoms with van der Waals surface area (Å²) in [6.45, 7) is 4.19. The molecule has 0 saturated heterocycles. The van der Waals surface area contributed by atoms with Crippen LogP contribution in [0.25, 0.3) is 0 Å². The molecule has 0 rings (SSSR count). The smallest absolute Gasteiger partial charge is 0.387 e. The number of hydrogen-bond acceptors (Lipinski definition) is 6. The first-order valence-electron chi connectivity index (χ1n) is 30.8. The summed E-state index contributed by atoms with van der Waals surface area (Å²) >= 11 is 0. The number of aliphatic hydroxyl groups excluding tert-OH is 1. The van der Waals surface area contributed by atoms with Crippen LogP contribution in [0.1, 0.15) is 335 Å². The molecule has 0 heterocycles. The molecule has 9 heteroatoms. The Morgan fingerprint density at radius 1 is 0.464 bits per heavy atom. The Morgan fingerprint density at radius 3 is 1.03 bits per heavy atom. The van der Waals surface area contributed by atoms with Gasteiger partial charge in [-0.1, -0.05) is 321 Å². The van der Waals surface area contributed by atoms with Gasteiger partial charge in [0, 0.05) is 13.0 Å². The number of phosphoric ester groups is 1. The molecule has 0 saturated carbocycles. The summed E-state index contributed by atoms with van der Waals surface area (Å²) in [6, 6.07) is -0.856. The lowest BCUT2D eigenvalue weighted by Crippen LogP contribution is -2.45. The van der Waals surface area contributed by atoms with Crippen molar-refractivity contribution in [3.63, 3.8) is 0 Å². The van der Waals surface area contributed by atoms with Gasteiger partial charge >= 0.3 is 7.82 Å². The van der Waals surface area contributed by atoms with Crippen molar-refractivity contribution >= 4 is 13.7 Å². The van der Waals surface area contributed by atoms with Crippen molar-refractivity contribution in [3.05, 3.63) is 12.2 Å². The van der Waals surface area contributed by atoms with E-state index in [4.69, 9.17) is 14.8 Å². The van der Waals surface area contributed by atoms with Crippen LogP contribution in [0.3, 0.4) is 0 Å². The first-order chi connectivity index (χ1) is 33.9. The Labute approximate surface area is 430 Å². The number of unbranched alkanes of at least 4 members (excludes halogenated alkanes) is 47. The normalized spacial score (nSPS) is 13.6. The average Bonchev–Trinajstić information content (AvgIpc) is 3.34. The molecule has 69 heavy (non-hydrogen) atoms. The largest absolute Gasteiger partial charge is 0.472 e. The fraction of sp³-hybridized carbons (Fsp3) is 0.950. The Bertz CT molecular complexity index is 1090. The Kier molecular flexibility index (Phi) is 55.9. The van der Waals surface area contributed by atoms with Crippen LogP contribution in [0.2, 0.25) is 0 Å². The van der Waals surface area contributed by atoms with E-state index in [0.29, 0.717) is 6.42 Å². The number of hydrogen-bond donors (Lipinski definition) is 4. The Hall–Kier alpha value is -0.760. The minimum Gasteiger partial charge on any atom is -0.387 e. The van der Waals surface area contributed by atoms with Crippen LogP contribution in [0.4, 0.5) is 0 Å². The quantitative estimate of drug-likeness (QED) is 0.0271. The van der Waals surface area contributed by atoms with Gasteiger partial charge in [-0.25, -0.2) is 4.57 Å². The summed E-state index contributed by atoms with van der Waals surface area (Å²) in [7, 11) is -4.34. The standard InChI is InChI=1S/C60H121N2O6P/c1-3-5-7-9-11-13-15-17-19-21-22-23-24-25-26-27-28-29-30-31-32-33-34-35-36-37-38-40-42-44-46-48-50-52-54-60(64)62-58(57-68-69(65,66)67-56-55-61)59(63)53-51-49-47-45-43-41-39-20-18-16-14-12-10-8-6-4-2/h51,53,58-59,63H,3-50,52,54-57,61H2,1-2H3,(H,62,64)(H,65,66)/b53-51+/t58-,59+/m0/s1. The molecule has 0 radical (unpaired) electrons. The number of carbonyl (C=O) groups is 1. The molecule has 0 bridgehead atoms. The monoisotopic (exact) mass is 997 g/mol. The predicted octanol–water partition coefficient (Wildman–Crippen LogP) is 19.0. The molecule has 1 amide bonds. The van der Waals surface area contributed by atoms with E-state index in [2.05, 4.69) is 19.2 Å². The second kappa shape index (κ2) is 56.5. The average molecular weight is 998 g/mol. The summed E-state index contributed by atoms with van der Waals surface area (Å²) in [4.78, 5) is 22.9. The molecule has 0 fully saturated rings. The third kappa shape index (κ3) is 54.8. The number of rotatable bonds is 59. The fourth-order valence-electron chi connectivity index (χ4n) is 9.73. The first-order valence-corrected chi connectivity index (χ1v) is 32.3. The fourth-order valence-corrected chi connectivity index (χ4v) is 10.5. The summed E-state index contributed by atoms with van der Waals surface area (Å²) in [5.41, 5.74) is 5.41. The van der Waals surface area contributed by atoms with Crippen LogP contribution in [0.5, 0.6) is 0 Å². The topological polar surface area (TPSA) is 131 Å². The van der Waals surface area contributed by atoms with E-state index in [1.54, 1.807) is 6.08 Å². The third-order valence-electron chi connectivity index (χ3n) is 14.4. The number of allylic oxidation sites excluding steroid dienone is 1. The van der Waals surface area contributed by atoms with Gasteiger partial charge in [0.1, 0.15) is 0 Å². The van der Waals surface area contributed by atoms with Crippen LogP contribution >= 0.6 is 7.82 Å². The molecule has 0 aromatic rings. The Morgan fingerprint density at radius 2 is 0.739 bits per heavy atom. The molecule has 0 aliphatic rings. The molecule has 1 unspecified atom stereocenters. The second-order valence-electron chi connectivity index (χ2n) is 21.3. The third-order valence-corrected chi connectivity index (χ3v) is 15.3. The molecule has 0 spiro atoms. The minimum absolute atomic E-state index is 0.0818. The van der Waals surface area contributed by atoms with E-state index in [0.717, 1.165) is 38.5 Å². The van der Waals surface area contributed by atoms with E-state index < -0.39 is 20.0 Å². The van der Waals surface area contributed by atoms with E-state index in [9.17, 15) is 19.4 Å². The van der Waals surface area contributed by atoms with Gasteiger partial charge in [0.25, 0.3) is 0 Å². The van der Waals surface area contributed by atoms with Crippen molar-refractivity contribution in [1.29, 1.82) is 0 Å². The van der Waals surface area contributed by atoms with Crippen molar-refractivity contribution < 1.29 is 28.4 Å². The molecule has 5 N–H and O–H groups in total. The van der Waals surface area contributed by atoms with Crippen molar-refractivity contribution in [3.8, 4) is 0 Å². The number of nitrogens with two attached hydrogens (primary N) is 1. The molecule has 0 aromatic heterocycles. The summed E-state index contributed by atoms with van der Waals surface area (Å²) < 4.78 is 22.3. The highest BCUT2D eigenvalue weighted by molar-refractivity contribution is 7.47. The summed E-state index contributed by atoms with van der Waals surface area (Å²) in [6.07, 6.45) is 69.0. The van der Waals surface area contributed by atoms with Crippen molar-refractivity contribution in [1.82, 2.24) is 5.32 Å². The minimum atomic E-state index is -4.34. The highest BCUT2D eigenvalue weighted by Gasteiger charge is 2.27. The lowest BCUT2D eigenvalue weighted by molar-refractivity contribution is -0.123. The highest BCUT2D eigenvalue weighted by atomic mass is 31.2. The SMILES string of the molecule is CCCCCCCCCCCCCCCC/C=C/[C@@H](O)[C@H](COP(=O)(O)OCCN)NC(=O)CCCCCCCCCCCCCCCCCCCCCCCCCCCCCCCCCCCC. The van der Waals surface area contributed by atoms with Crippen LogP contribution in [0.15, 0.2) is 12.2 Å². The number of nitrogens with one attached hydrogen (secondary N) is 1. The zero-order valence-corrected chi connectivity index (χ0v) is 47.2. The zero-order chi connectivity index (χ0) is 50.2. The molecule has 3 atom stereocenters. The van der Waals surface area contributed by atoms with E-state index in [1.165, 1.54) is 276 Å². The molecular formula is C60H121N2O6P. The van der Waals surface area contributed by atoms with Crippen LogP contribution in [-0.4, -0.2) is 47.8 Å². The Balaban J connectivity index is 3.80. The maximum absolute atomic E-state index is 12.9. The lowest BCUT2D eigenvalue weighted by atomic mass is 10.0. The number of amides is 1. The van der Waals surface area contributed by atoms with Gasteiger partial charge in [0.2, 0.25) is 5.91 Å². The first kappa shape index (κ1) is 68.2. The van der Waals surface area contributed by atoms with E-state index in [-0.39, 0.29) is 25.7 Å². The van der Waals surface area contributed by atoms with Gasteiger partial charge < -0.3 is 21.1 Å². The van der Waals surface area contributed by atoms with Crippen LogP contribution < -0.4 is 11.1 Å². The van der Waals surface area contributed by atoms with Gasteiger partial charge in [0.15, 0.2) is 0 Å². The van der Waals surface area contributed by atoms with Crippen LogP contribution in [-0.2, 0) is 18.4 Å². The van der Waals surface area contributed by atoms with E-state index in [1.807, 2.05) is 6.08 Å². The van der Waals surface area contributed by atoms with Crippen molar-refractivity contribution in [2.45, 2.75) is 347 Å². The molecule has 412 valence electrons. The van der Waals surface area contributed by atoms with Gasteiger partial charge in [-0.05, 0) is 19.3 Å². The van der Waals surface area contributed by atoms with E-state index >= 15 is 0 Å². The number of phosphoric acid groups is 1. The molecule has 0 aliphatic heterocycles. The molecular weight excluding hydrogens is 876 g/mol.